The van der Waals surface area contributed by atoms with Crippen molar-refractivity contribution in [3.8, 4) is 0 Å². The van der Waals surface area contributed by atoms with Crippen molar-refractivity contribution in [3.05, 3.63) is 48.2 Å². The number of nitrogens with zero attached hydrogens (tertiary/aromatic N) is 3. The van der Waals surface area contributed by atoms with E-state index >= 15 is 0 Å². The second-order valence-corrected chi connectivity index (χ2v) is 7.43. The third-order valence-corrected chi connectivity index (χ3v) is 5.90. The topological polar surface area (TPSA) is 97.8 Å². The lowest BCUT2D eigenvalue weighted by atomic mass is 9.85. The third-order valence-electron chi connectivity index (χ3n) is 5.90. The number of para-hydroxylation sites is 1. The smallest absolute Gasteiger partial charge is 0.254 e. The lowest BCUT2D eigenvalue weighted by Gasteiger charge is -2.13. The minimum Gasteiger partial charge on any atom is -0.368 e. The lowest BCUT2D eigenvalue weighted by Crippen LogP contribution is -2.28. The molecule has 2 N–H and O–H groups in total. The van der Waals surface area contributed by atoms with Gasteiger partial charge in [0.15, 0.2) is 0 Å². The number of amides is 3. The fourth-order valence-electron chi connectivity index (χ4n) is 4.80. The Labute approximate surface area is 155 Å². The Balaban J connectivity index is 1.47. The number of rotatable bonds is 4. The molecule has 1 aliphatic heterocycles. The maximum Gasteiger partial charge on any atom is 0.254 e. The number of hydrogen-bond donors (Lipinski definition) is 1. The van der Waals surface area contributed by atoms with Crippen molar-refractivity contribution in [2.75, 3.05) is 0 Å². The van der Waals surface area contributed by atoms with E-state index in [1.54, 1.807) is 10.8 Å². The summed E-state index contributed by atoms with van der Waals surface area (Å²) in [7, 11) is 0. The Kier molecular flexibility index (Phi) is 3.34. The van der Waals surface area contributed by atoms with Crippen LogP contribution in [-0.2, 0) is 20.9 Å². The Morgan fingerprint density at radius 2 is 1.81 bits per heavy atom. The van der Waals surface area contributed by atoms with Crippen molar-refractivity contribution < 1.29 is 14.4 Å². The maximum atomic E-state index is 12.7. The van der Waals surface area contributed by atoms with Crippen molar-refractivity contribution in [1.82, 2.24) is 9.58 Å². The van der Waals surface area contributed by atoms with Crippen LogP contribution in [0.4, 0.5) is 0 Å². The zero-order valence-corrected chi connectivity index (χ0v) is 14.5. The molecular formula is C20H18N4O3. The highest BCUT2D eigenvalue weighted by molar-refractivity contribution is 6.07. The fraction of sp³-hybridized carbons (Fsp3) is 0.300. The number of carbonyl (C=O) groups excluding carboxylic acids is 3. The number of carbonyl (C=O) groups is 3. The standard InChI is InChI=1S/C20H18N4O3/c21-16(25)10-23-9-13(14-3-1-2-4-15(14)23)8-22-24-19(26)17-11-5-6-12(7-11)18(17)20(24)27/h1-6,8-9,11-12,17-18H,7,10H2,(H2,21,25). The summed E-state index contributed by atoms with van der Waals surface area (Å²) < 4.78 is 1.74. The van der Waals surface area contributed by atoms with Crippen molar-refractivity contribution in [2.24, 2.45) is 34.5 Å². The average molecular weight is 362 g/mol. The van der Waals surface area contributed by atoms with E-state index in [0.717, 1.165) is 27.9 Å². The molecule has 0 spiro atoms. The zero-order chi connectivity index (χ0) is 18.7. The first-order valence-electron chi connectivity index (χ1n) is 9.01. The summed E-state index contributed by atoms with van der Waals surface area (Å²) >= 11 is 0. The zero-order valence-electron chi connectivity index (χ0n) is 14.5. The molecule has 7 nitrogen and oxygen atoms in total. The number of aromatic nitrogens is 1. The molecule has 5 rings (SSSR count). The second kappa shape index (κ2) is 5.64. The monoisotopic (exact) mass is 362 g/mol. The number of fused-ring (bicyclic) bond motifs is 6. The first-order chi connectivity index (χ1) is 13.0. The summed E-state index contributed by atoms with van der Waals surface area (Å²) in [5.41, 5.74) is 6.89. The molecule has 3 aliphatic rings. The second-order valence-electron chi connectivity index (χ2n) is 7.43. The van der Waals surface area contributed by atoms with Gasteiger partial charge in [-0.15, -0.1) is 0 Å². The van der Waals surface area contributed by atoms with Crippen LogP contribution in [0, 0.1) is 23.7 Å². The molecule has 1 saturated carbocycles. The van der Waals surface area contributed by atoms with Crippen LogP contribution in [0.15, 0.2) is 47.7 Å². The van der Waals surface area contributed by atoms with Gasteiger partial charge in [0.25, 0.3) is 11.8 Å². The van der Waals surface area contributed by atoms with Crippen LogP contribution in [0.25, 0.3) is 10.9 Å². The summed E-state index contributed by atoms with van der Waals surface area (Å²) in [5.74, 6) is -1.07. The van der Waals surface area contributed by atoms with Crippen molar-refractivity contribution >= 4 is 34.8 Å². The van der Waals surface area contributed by atoms with Crippen LogP contribution in [0.1, 0.15) is 12.0 Å². The molecule has 1 aromatic heterocycles. The number of benzene rings is 1. The molecule has 4 unspecified atom stereocenters. The number of primary amides is 1. The number of nitrogens with two attached hydrogens (primary N) is 1. The molecule has 27 heavy (non-hydrogen) atoms. The summed E-state index contributed by atoms with van der Waals surface area (Å²) in [5, 5.41) is 6.14. The molecular weight excluding hydrogens is 344 g/mol. The Bertz CT molecular complexity index is 1020. The summed E-state index contributed by atoms with van der Waals surface area (Å²) in [6.07, 6.45) is 8.29. The molecule has 2 bridgehead atoms. The highest BCUT2D eigenvalue weighted by atomic mass is 16.2. The quantitative estimate of drug-likeness (QED) is 0.504. The van der Waals surface area contributed by atoms with Crippen molar-refractivity contribution in [1.29, 1.82) is 0 Å². The van der Waals surface area contributed by atoms with Gasteiger partial charge in [0.05, 0.1) is 18.1 Å². The Morgan fingerprint density at radius 1 is 1.15 bits per heavy atom. The molecule has 7 heteroatoms. The van der Waals surface area contributed by atoms with Crippen LogP contribution >= 0.6 is 0 Å². The normalized spacial score (nSPS) is 28.8. The minimum atomic E-state index is -0.444. The first-order valence-corrected chi connectivity index (χ1v) is 9.01. The molecule has 1 aromatic carbocycles. The highest BCUT2D eigenvalue weighted by Gasteiger charge is 2.59. The van der Waals surface area contributed by atoms with Gasteiger partial charge < -0.3 is 10.3 Å². The molecule has 4 atom stereocenters. The van der Waals surface area contributed by atoms with Gasteiger partial charge in [0.2, 0.25) is 5.91 Å². The van der Waals surface area contributed by atoms with Crippen LogP contribution in [0.5, 0.6) is 0 Å². The maximum absolute atomic E-state index is 12.7. The molecule has 2 aromatic rings. The largest absolute Gasteiger partial charge is 0.368 e. The molecule has 2 fully saturated rings. The fourth-order valence-corrected chi connectivity index (χ4v) is 4.80. The average Bonchev–Trinajstić information content (AvgIpc) is 3.38. The van der Waals surface area contributed by atoms with E-state index in [2.05, 4.69) is 17.3 Å². The molecule has 2 heterocycles. The van der Waals surface area contributed by atoms with E-state index in [1.807, 2.05) is 24.3 Å². The minimum absolute atomic E-state index is 0.0507. The van der Waals surface area contributed by atoms with Gasteiger partial charge in [-0.05, 0) is 24.3 Å². The van der Waals surface area contributed by atoms with E-state index < -0.39 is 5.91 Å². The van der Waals surface area contributed by atoms with Gasteiger partial charge in [0, 0.05) is 22.7 Å². The van der Waals surface area contributed by atoms with Gasteiger partial charge in [-0.25, -0.2) is 0 Å². The van der Waals surface area contributed by atoms with Crippen molar-refractivity contribution in [3.63, 3.8) is 0 Å². The van der Waals surface area contributed by atoms with Crippen LogP contribution < -0.4 is 5.73 Å². The number of hydrazone groups is 1. The first kappa shape index (κ1) is 16.0. The van der Waals surface area contributed by atoms with E-state index in [0.29, 0.717) is 0 Å². The highest BCUT2D eigenvalue weighted by Crippen LogP contribution is 2.52. The van der Waals surface area contributed by atoms with Crippen LogP contribution in [-0.4, -0.2) is 33.5 Å². The van der Waals surface area contributed by atoms with Crippen molar-refractivity contribution in [2.45, 2.75) is 13.0 Å². The lowest BCUT2D eigenvalue weighted by molar-refractivity contribution is -0.140. The number of imide groups is 1. The molecule has 3 amide bonds. The summed E-state index contributed by atoms with van der Waals surface area (Å²) in [6, 6.07) is 7.54. The van der Waals surface area contributed by atoms with E-state index in [4.69, 9.17) is 5.73 Å². The van der Waals surface area contributed by atoms with Gasteiger partial charge in [-0.3, -0.25) is 14.4 Å². The SMILES string of the molecule is NC(=O)Cn1cc(C=NN2C(=O)C3C4C=CC(C4)C3C2=O)c2ccccc21. The predicted molar refractivity (Wildman–Crippen MR) is 98.3 cm³/mol. The van der Waals surface area contributed by atoms with Gasteiger partial charge in [-0.1, -0.05) is 30.4 Å². The number of allylic oxidation sites excluding steroid dienone is 2. The molecule has 0 radical (unpaired) electrons. The van der Waals surface area contributed by atoms with Gasteiger partial charge in [0.1, 0.15) is 6.54 Å². The van der Waals surface area contributed by atoms with Gasteiger partial charge in [-0.2, -0.15) is 10.1 Å². The van der Waals surface area contributed by atoms with E-state index in [-0.39, 0.29) is 42.0 Å². The Morgan fingerprint density at radius 3 is 2.48 bits per heavy atom. The van der Waals surface area contributed by atoms with Crippen LogP contribution in [0.3, 0.4) is 0 Å². The molecule has 2 aliphatic carbocycles. The Hall–Kier alpha value is -3.22. The summed E-state index contributed by atoms with van der Waals surface area (Å²) in [4.78, 5) is 36.7. The van der Waals surface area contributed by atoms with Crippen LogP contribution in [0.2, 0.25) is 0 Å². The van der Waals surface area contributed by atoms with E-state index in [1.165, 1.54) is 6.21 Å². The third kappa shape index (κ3) is 2.27. The summed E-state index contributed by atoms with van der Waals surface area (Å²) in [6.45, 7) is 0.0507. The van der Waals surface area contributed by atoms with E-state index in [9.17, 15) is 14.4 Å². The molecule has 136 valence electrons. The number of hydrogen-bond acceptors (Lipinski definition) is 4. The predicted octanol–water partition coefficient (Wildman–Crippen LogP) is 1.27. The molecule has 1 saturated heterocycles. The van der Waals surface area contributed by atoms with Gasteiger partial charge >= 0.3 is 0 Å².